The third-order valence-electron chi connectivity index (χ3n) is 0.133. The first-order chi connectivity index (χ1) is 2.27. The van der Waals surface area contributed by atoms with Crippen molar-refractivity contribution in [2.45, 2.75) is 0 Å². The molecule has 32 valence electrons. The number of nitrogens with one attached hydrogen (secondary N) is 1. The molecule has 0 saturated carbocycles. The van der Waals surface area contributed by atoms with Crippen molar-refractivity contribution in [3.05, 3.63) is 0 Å². The molecule has 0 unspecified atom stereocenters. The molecule has 0 rings (SSSR count). The van der Waals surface area contributed by atoms with E-state index in [9.17, 15) is 0 Å². The predicted octanol–water partition coefficient (Wildman–Crippen LogP) is -0.354. The van der Waals surface area contributed by atoms with Gasteiger partial charge in [-0.25, -0.2) is 0 Å². The predicted molar refractivity (Wildman–Crippen MR) is 29.1 cm³/mol. The van der Waals surface area contributed by atoms with Crippen molar-refractivity contribution in [1.29, 1.82) is 0 Å². The molecule has 0 aromatic heterocycles. The molecule has 0 atom stereocenters. The van der Waals surface area contributed by atoms with E-state index in [1.807, 2.05) is 22.9 Å². The maximum Gasteiger partial charge on any atom is 0.0348 e. The van der Waals surface area contributed by atoms with Crippen molar-refractivity contribution in [1.82, 2.24) is 8.76 Å². The second-order valence-electron chi connectivity index (χ2n) is 0.695. The fourth-order valence-corrected chi connectivity index (χ4v) is 0. The van der Waals surface area contributed by atoms with Crippen LogP contribution in [0.5, 0.6) is 0 Å². The lowest BCUT2D eigenvalue weighted by Gasteiger charge is -2.00. The highest BCUT2D eigenvalue weighted by molar-refractivity contribution is 14.1. The van der Waals surface area contributed by atoms with Crippen LogP contribution in [0.25, 0.3) is 0 Å². The number of rotatable bonds is 1. The normalized spacial score (nSPS) is 9.60. The van der Waals surface area contributed by atoms with E-state index in [0.717, 1.165) is 0 Å². The van der Waals surface area contributed by atoms with Gasteiger partial charge in [-0.2, -0.15) is 8.76 Å². The van der Waals surface area contributed by atoms with E-state index in [1.165, 1.54) is 5.12 Å². The number of hydrogen-bond donors (Lipinski definition) is 2. The Hall–Kier alpha value is 0.610. The van der Waals surface area contributed by atoms with Crippen LogP contribution in [-0.2, 0) is 0 Å². The van der Waals surface area contributed by atoms with Crippen LogP contribution in [0.4, 0.5) is 0 Å². The zero-order valence-corrected chi connectivity index (χ0v) is 5.06. The molecule has 0 aliphatic heterocycles. The van der Waals surface area contributed by atoms with E-state index in [-0.39, 0.29) is 0 Å². The summed E-state index contributed by atoms with van der Waals surface area (Å²) in [5, 5.41) is 1.36. The highest BCUT2D eigenvalue weighted by Gasteiger charge is 1.71. The molecule has 0 heterocycles. The SMILES string of the molecule is CN(N)NI. The molecule has 0 bridgehead atoms. The number of hydrazine groups is 2. The molecule has 5 heavy (non-hydrogen) atoms. The van der Waals surface area contributed by atoms with Gasteiger partial charge in [0.25, 0.3) is 0 Å². The van der Waals surface area contributed by atoms with E-state index >= 15 is 0 Å². The van der Waals surface area contributed by atoms with Crippen molar-refractivity contribution in [2.24, 2.45) is 5.84 Å². The van der Waals surface area contributed by atoms with E-state index in [0.29, 0.717) is 0 Å². The summed E-state index contributed by atoms with van der Waals surface area (Å²) in [6.45, 7) is 0. The number of nitrogens with two attached hydrogens (primary N) is 1. The van der Waals surface area contributed by atoms with Gasteiger partial charge in [0.05, 0.1) is 0 Å². The zero-order valence-electron chi connectivity index (χ0n) is 2.90. The molecular formula is CH6IN3. The first-order valence-electron chi connectivity index (χ1n) is 1.12. The first kappa shape index (κ1) is 5.61. The minimum atomic E-state index is 1.36. The summed E-state index contributed by atoms with van der Waals surface area (Å²) in [6.07, 6.45) is 0. The van der Waals surface area contributed by atoms with Crippen LogP contribution in [0.2, 0.25) is 0 Å². The third kappa shape index (κ3) is 4.61. The van der Waals surface area contributed by atoms with Crippen LogP contribution in [0, 0.1) is 0 Å². The number of halogens is 1. The van der Waals surface area contributed by atoms with Crippen molar-refractivity contribution >= 4 is 22.9 Å². The summed E-state index contributed by atoms with van der Waals surface area (Å²) in [7, 11) is 1.71. The summed E-state index contributed by atoms with van der Waals surface area (Å²) in [5.74, 6) is 5.01. The highest BCUT2D eigenvalue weighted by Crippen LogP contribution is 1.63. The Labute approximate surface area is 44.9 Å². The molecule has 0 aliphatic rings. The number of hydrogen-bond acceptors (Lipinski definition) is 3. The average Bonchev–Trinajstić information content (AvgIpc) is 1.38. The van der Waals surface area contributed by atoms with Gasteiger partial charge in [0.2, 0.25) is 0 Å². The van der Waals surface area contributed by atoms with Gasteiger partial charge in [0.15, 0.2) is 0 Å². The summed E-state index contributed by atoms with van der Waals surface area (Å²) >= 11 is 1.93. The van der Waals surface area contributed by atoms with E-state index in [4.69, 9.17) is 5.84 Å². The molecule has 0 amide bonds. The van der Waals surface area contributed by atoms with Crippen molar-refractivity contribution < 1.29 is 0 Å². The fraction of sp³-hybridized carbons (Fsp3) is 1.00. The first-order valence-corrected chi connectivity index (χ1v) is 2.20. The van der Waals surface area contributed by atoms with Gasteiger partial charge in [0, 0.05) is 29.9 Å². The second kappa shape index (κ2) is 2.83. The Morgan fingerprint density at radius 2 is 2.20 bits per heavy atom. The number of nitrogens with zero attached hydrogens (tertiary/aromatic N) is 1. The fourth-order valence-electron chi connectivity index (χ4n) is 0. The molecule has 0 spiro atoms. The van der Waals surface area contributed by atoms with E-state index in [1.54, 1.807) is 7.05 Å². The average molecular weight is 187 g/mol. The molecular weight excluding hydrogens is 181 g/mol. The lowest BCUT2D eigenvalue weighted by Crippen LogP contribution is -2.32. The maximum atomic E-state index is 5.01. The second-order valence-corrected chi connectivity index (χ2v) is 1.18. The minimum Gasteiger partial charge on any atom is -0.255 e. The summed E-state index contributed by atoms with van der Waals surface area (Å²) in [4.78, 5) is 0. The third-order valence-corrected chi connectivity index (χ3v) is 0.894. The lowest BCUT2D eigenvalue weighted by atomic mass is 11.4. The monoisotopic (exact) mass is 187 g/mol. The molecule has 0 saturated heterocycles. The smallest absolute Gasteiger partial charge is 0.0348 e. The molecule has 0 aromatic rings. The molecule has 0 aromatic carbocycles. The van der Waals surface area contributed by atoms with E-state index in [2.05, 4.69) is 3.64 Å². The van der Waals surface area contributed by atoms with Crippen LogP contribution >= 0.6 is 22.9 Å². The Morgan fingerprint density at radius 1 is 2.00 bits per heavy atom. The summed E-state index contributed by atoms with van der Waals surface area (Å²) < 4.78 is 2.61. The van der Waals surface area contributed by atoms with Gasteiger partial charge in [-0.1, -0.05) is 0 Å². The zero-order chi connectivity index (χ0) is 4.28. The van der Waals surface area contributed by atoms with Gasteiger partial charge in [-0.15, -0.1) is 0 Å². The van der Waals surface area contributed by atoms with Crippen molar-refractivity contribution in [3.8, 4) is 0 Å². The molecule has 3 N–H and O–H groups in total. The van der Waals surface area contributed by atoms with Crippen LogP contribution in [0.15, 0.2) is 0 Å². The molecule has 0 radical (unpaired) electrons. The molecule has 0 aliphatic carbocycles. The molecule has 3 nitrogen and oxygen atoms in total. The maximum absolute atomic E-state index is 5.01. The minimum absolute atomic E-state index is 1.36. The quantitative estimate of drug-likeness (QED) is 0.255. The van der Waals surface area contributed by atoms with E-state index < -0.39 is 0 Å². The lowest BCUT2D eigenvalue weighted by molar-refractivity contribution is 0.339. The Kier molecular flexibility index (Phi) is 3.17. The highest BCUT2D eigenvalue weighted by atomic mass is 127. The topological polar surface area (TPSA) is 41.3 Å². The van der Waals surface area contributed by atoms with Gasteiger partial charge < -0.3 is 0 Å². The molecule has 4 heteroatoms. The standard InChI is InChI=1S/CH6IN3/c1-5(3)4-2/h4H,3H2,1H3. The Morgan fingerprint density at radius 3 is 2.20 bits per heavy atom. The van der Waals surface area contributed by atoms with Crippen LogP contribution < -0.4 is 9.48 Å². The van der Waals surface area contributed by atoms with Crippen molar-refractivity contribution in [2.75, 3.05) is 7.05 Å². The van der Waals surface area contributed by atoms with Gasteiger partial charge in [-0.05, 0) is 0 Å². The Balaban J connectivity index is 2.54. The van der Waals surface area contributed by atoms with Crippen LogP contribution in [-0.4, -0.2) is 12.2 Å². The summed E-state index contributed by atoms with van der Waals surface area (Å²) in [6, 6.07) is 0. The van der Waals surface area contributed by atoms with Crippen LogP contribution in [0.1, 0.15) is 0 Å². The summed E-state index contributed by atoms with van der Waals surface area (Å²) in [5.41, 5.74) is 0. The van der Waals surface area contributed by atoms with Gasteiger partial charge >= 0.3 is 0 Å². The van der Waals surface area contributed by atoms with Crippen LogP contribution in [0.3, 0.4) is 0 Å². The Bertz CT molecular complexity index is 20.9. The van der Waals surface area contributed by atoms with Gasteiger partial charge in [0.1, 0.15) is 0 Å². The van der Waals surface area contributed by atoms with Gasteiger partial charge in [-0.3, -0.25) is 5.84 Å². The van der Waals surface area contributed by atoms with Crippen molar-refractivity contribution in [3.63, 3.8) is 0 Å². The molecule has 0 fully saturated rings. The largest absolute Gasteiger partial charge is 0.255 e.